The summed E-state index contributed by atoms with van der Waals surface area (Å²) in [6.07, 6.45) is 2.39. The van der Waals surface area contributed by atoms with E-state index in [1.807, 2.05) is 13.8 Å². The van der Waals surface area contributed by atoms with Gasteiger partial charge in [0, 0.05) is 6.04 Å². The lowest BCUT2D eigenvalue weighted by Crippen LogP contribution is -2.46. The molecule has 0 radical (unpaired) electrons. The van der Waals surface area contributed by atoms with E-state index in [4.69, 9.17) is 5.11 Å². The maximum absolute atomic E-state index is 11.0. The van der Waals surface area contributed by atoms with Crippen LogP contribution in [-0.2, 0) is 4.79 Å². The number of carboxylic acid groups (broad SMARTS) is 1. The largest absolute Gasteiger partial charge is 0.481 e. The standard InChI is InChI=1S/C14H27NO2/c1-10(13(16)17)11(2)15-8-6-12(7-9-15)14(3,4)5/h10-12H,6-9H2,1-5H3,(H,16,17). The Morgan fingerprint density at radius 3 is 2.06 bits per heavy atom. The average Bonchev–Trinajstić information content (AvgIpc) is 2.26. The third-order valence-corrected chi connectivity index (χ3v) is 4.44. The van der Waals surface area contributed by atoms with E-state index in [2.05, 4.69) is 25.7 Å². The molecule has 1 N–H and O–H groups in total. The van der Waals surface area contributed by atoms with Crippen molar-refractivity contribution in [3.63, 3.8) is 0 Å². The molecule has 0 aliphatic carbocycles. The molecule has 1 aliphatic rings. The van der Waals surface area contributed by atoms with E-state index in [1.54, 1.807) is 0 Å². The summed E-state index contributed by atoms with van der Waals surface area (Å²) in [5.41, 5.74) is 0.383. The van der Waals surface area contributed by atoms with Crippen LogP contribution in [0.4, 0.5) is 0 Å². The zero-order valence-electron chi connectivity index (χ0n) is 11.9. The first-order chi connectivity index (χ1) is 7.73. The molecule has 1 saturated heterocycles. The van der Waals surface area contributed by atoms with E-state index in [0.717, 1.165) is 19.0 Å². The lowest BCUT2D eigenvalue weighted by Gasteiger charge is -2.41. The number of rotatable bonds is 3. The van der Waals surface area contributed by atoms with Crippen molar-refractivity contribution in [3.8, 4) is 0 Å². The van der Waals surface area contributed by atoms with Gasteiger partial charge >= 0.3 is 5.97 Å². The molecule has 100 valence electrons. The van der Waals surface area contributed by atoms with Gasteiger partial charge in [-0.05, 0) is 44.2 Å². The Balaban J connectivity index is 2.49. The second kappa shape index (κ2) is 5.38. The Morgan fingerprint density at radius 2 is 1.71 bits per heavy atom. The first-order valence-electron chi connectivity index (χ1n) is 6.70. The highest BCUT2D eigenvalue weighted by Crippen LogP contribution is 2.35. The first kappa shape index (κ1) is 14.5. The van der Waals surface area contributed by atoms with Crippen LogP contribution < -0.4 is 0 Å². The van der Waals surface area contributed by atoms with Crippen LogP contribution in [0.1, 0.15) is 47.5 Å². The summed E-state index contributed by atoms with van der Waals surface area (Å²) in [5.74, 6) is -0.192. The van der Waals surface area contributed by atoms with Crippen molar-refractivity contribution in [2.75, 3.05) is 13.1 Å². The number of carboxylic acids is 1. The fraction of sp³-hybridized carbons (Fsp3) is 0.929. The molecule has 0 amide bonds. The van der Waals surface area contributed by atoms with Gasteiger partial charge in [-0.2, -0.15) is 0 Å². The minimum absolute atomic E-state index is 0.147. The third-order valence-electron chi connectivity index (χ3n) is 4.44. The Hall–Kier alpha value is -0.570. The van der Waals surface area contributed by atoms with Crippen LogP contribution in [0.25, 0.3) is 0 Å². The molecule has 17 heavy (non-hydrogen) atoms. The van der Waals surface area contributed by atoms with Gasteiger partial charge in [0.2, 0.25) is 0 Å². The normalized spacial score (nSPS) is 23.4. The van der Waals surface area contributed by atoms with Crippen LogP contribution in [0, 0.1) is 17.3 Å². The summed E-state index contributed by atoms with van der Waals surface area (Å²) in [6.45, 7) is 12.8. The predicted octanol–water partition coefficient (Wildman–Crippen LogP) is 2.85. The van der Waals surface area contributed by atoms with Crippen molar-refractivity contribution in [1.82, 2.24) is 4.90 Å². The van der Waals surface area contributed by atoms with Crippen molar-refractivity contribution < 1.29 is 9.90 Å². The lowest BCUT2D eigenvalue weighted by molar-refractivity contribution is -0.143. The molecular weight excluding hydrogens is 214 g/mol. The molecule has 0 aromatic carbocycles. The van der Waals surface area contributed by atoms with Gasteiger partial charge in [-0.25, -0.2) is 0 Å². The molecule has 1 heterocycles. The molecule has 0 saturated carbocycles. The molecule has 1 aliphatic heterocycles. The molecule has 3 heteroatoms. The number of piperidine rings is 1. The number of hydrogen-bond donors (Lipinski definition) is 1. The number of likely N-dealkylation sites (tertiary alicyclic amines) is 1. The Kier molecular flexibility index (Phi) is 4.59. The highest BCUT2D eigenvalue weighted by Gasteiger charge is 2.32. The van der Waals surface area contributed by atoms with Crippen LogP contribution in [0.15, 0.2) is 0 Å². The number of nitrogens with zero attached hydrogens (tertiary/aromatic N) is 1. The van der Waals surface area contributed by atoms with Crippen LogP contribution >= 0.6 is 0 Å². The zero-order valence-corrected chi connectivity index (χ0v) is 11.9. The van der Waals surface area contributed by atoms with E-state index in [9.17, 15) is 4.79 Å². The third kappa shape index (κ3) is 3.70. The van der Waals surface area contributed by atoms with E-state index in [1.165, 1.54) is 12.8 Å². The lowest BCUT2D eigenvalue weighted by atomic mass is 9.75. The monoisotopic (exact) mass is 241 g/mol. The predicted molar refractivity (Wildman–Crippen MR) is 70.0 cm³/mol. The van der Waals surface area contributed by atoms with Crippen molar-refractivity contribution in [2.45, 2.75) is 53.5 Å². The van der Waals surface area contributed by atoms with Crippen LogP contribution in [0.2, 0.25) is 0 Å². The van der Waals surface area contributed by atoms with Crippen molar-refractivity contribution in [1.29, 1.82) is 0 Å². The molecule has 1 fully saturated rings. The molecule has 0 bridgehead atoms. The topological polar surface area (TPSA) is 40.5 Å². The molecule has 0 aromatic rings. The number of carbonyl (C=O) groups is 1. The first-order valence-corrected chi connectivity index (χ1v) is 6.70. The summed E-state index contributed by atoms with van der Waals surface area (Å²) >= 11 is 0. The van der Waals surface area contributed by atoms with Crippen molar-refractivity contribution in [2.24, 2.45) is 17.3 Å². The molecular formula is C14H27NO2. The van der Waals surface area contributed by atoms with Gasteiger partial charge < -0.3 is 5.11 Å². The zero-order chi connectivity index (χ0) is 13.2. The summed E-state index contributed by atoms with van der Waals surface area (Å²) < 4.78 is 0. The molecule has 2 unspecified atom stereocenters. The van der Waals surface area contributed by atoms with E-state index < -0.39 is 5.97 Å². The Bertz CT molecular complexity index is 262. The molecule has 1 rings (SSSR count). The Morgan fingerprint density at radius 1 is 1.24 bits per heavy atom. The van der Waals surface area contributed by atoms with E-state index >= 15 is 0 Å². The van der Waals surface area contributed by atoms with Gasteiger partial charge in [-0.3, -0.25) is 9.69 Å². The molecule has 3 nitrogen and oxygen atoms in total. The maximum atomic E-state index is 11.0. The minimum atomic E-state index is -0.685. The second-order valence-corrected chi connectivity index (χ2v) is 6.54. The summed E-state index contributed by atoms with van der Waals surface area (Å²) in [4.78, 5) is 13.3. The van der Waals surface area contributed by atoms with E-state index in [0.29, 0.717) is 5.41 Å². The van der Waals surface area contributed by atoms with E-state index in [-0.39, 0.29) is 12.0 Å². The van der Waals surface area contributed by atoms with Crippen LogP contribution in [0.5, 0.6) is 0 Å². The Labute approximate surface area is 105 Å². The van der Waals surface area contributed by atoms with Crippen molar-refractivity contribution in [3.05, 3.63) is 0 Å². The summed E-state index contributed by atoms with van der Waals surface area (Å²) in [7, 11) is 0. The van der Waals surface area contributed by atoms with Crippen LogP contribution in [0.3, 0.4) is 0 Å². The van der Waals surface area contributed by atoms with Gasteiger partial charge in [0.05, 0.1) is 5.92 Å². The molecule has 0 spiro atoms. The second-order valence-electron chi connectivity index (χ2n) is 6.54. The molecule has 2 atom stereocenters. The van der Waals surface area contributed by atoms with Crippen LogP contribution in [-0.4, -0.2) is 35.1 Å². The number of hydrogen-bond acceptors (Lipinski definition) is 2. The minimum Gasteiger partial charge on any atom is -0.481 e. The highest BCUT2D eigenvalue weighted by atomic mass is 16.4. The quantitative estimate of drug-likeness (QED) is 0.826. The SMILES string of the molecule is CC(C(=O)O)C(C)N1CCC(C(C)(C)C)CC1. The summed E-state index contributed by atoms with van der Waals surface area (Å²) in [6, 6.07) is 0.147. The summed E-state index contributed by atoms with van der Waals surface area (Å²) in [5, 5.41) is 9.04. The van der Waals surface area contributed by atoms with Gasteiger partial charge in [0.15, 0.2) is 0 Å². The van der Waals surface area contributed by atoms with Gasteiger partial charge in [-0.1, -0.05) is 27.7 Å². The van der Waals surface area contributed by atoms with Gasteiger partial charge in [-0.15, -0.1) is 0 Å². The van der Waals surface area contributed by atoms with Gasteiger partial charge in [0.1, 0.15) is 0 Å². The maximum Gasteiger partial charge on any atom is 0.307 e. The average molecular weight is 241 g/mol. The molecule has 0 aromatic heterocycles. The highest BCUT2D eigenvalue weighted by molar-refractivity contribution is 5.70. The fourth-order valence-corrected chi connectivity index (χ4v) is 2.70. The van der Waals surface area contributed by atoms with Gasteiger partial charge in [0.25, 0.3) is 0 Å². The number of aliphatic carboxylic acids is 1. The fourth-order valence-electron chi connectivity index (χ4n) is 2.70. The van der Waals surface area contributed by atoms with Crippen molar-refractivity contribution >= 4 is 5.97 Å². The smallest absolute Gasteiger partial charge is 0.307 e.